The van der Waals surface area contributed by atoms with Crippen molar-refractivity contribution in [3.8, 4) is 5.82 Å². The lowest BCUT2D eigenvalue weighted by atomic mass is 9.99. The summed E-state index contributed by atoms with van der Waals surface area (Å²) in [4.78, 5) is 22.6. The third-order valence-corrected chi connectivity index (χ3v) is 4.41. The lowest BCUT2D eigenvalue weighted by molar-refractivity contribution is -0.137. The number of amides is 1. The SMILES string of the molecule is O=C(Nc1cccc(C(F)(F)F)c1)C1CN(c2cc(-n3cccn3)ncn2)C1. The van der Waals surface area contributed by atoms with Crippen LogP contribution >= 0.6 is 0 Å². The Morgan fingerprint density at radius 1 is 1.11 bits per heavy atom. The van der Waals surface area contributed by atoms with E-state index >= 15 is 0 Å². The molecule has 0 radical (unpaired) electrons. The Hall–Kier alpha value is -3.43. The Balaban J connectivity index is 1.38. The van der Waals surface area contributed by atoms with Crippen molar-refractivity contribution in [3.63, 3.8) is 0 Å². The minimum atomic E-state index is -4.45. The summed E-state index contributed by atoms with van der Waals surface area (Å²) in [7, 11) is 0. The van der Waals surface area contributed by atoms with Gasteiger partial charge in [-0.25, -0.2) is 14.6 Å². The average molecular weight is 388 g/mol. The van der Waals surface area contributed by atoms with Gasteiger partial charge in [0.25, 0.3) is 0 Å². The highest BCUT2D eigenvalue weighted by molar-refractivity contribution is 5.94. The molecule has 1 amide bonds. The first-order valence-corrected chi connectivity index (χ1v) is 8.45. The smallest absolute Gasteiger partial charge is 0.355 e. The maximum absolute atomic E-state index is 12.8. The molecule has 0 spiro atoms. The predicted octanol–water partition coefficient (Wildman–Crippen LogP) is 2.76. The molecule has 144 valence electrons. The molecule has 1 fully saturated rings. The Morgan fingerprint density at radius 3 is 2.61 bits per heavy atom. The second-order valence-electron chi connectivity index (χ2n) is 6.35. The van der Waals surface area contributed by atoms with Crippen LogP contribution in [0.2, 0.25) is 0 Å². The zero-order valence-corrected chi connectivity index (χ0v) is 14.5. The van der Waals surface area contributed by atoms with E-state index in [1.165, 1.54) is 18.5 Å². The largest absolute Gasteiger partial charge is 0.416 e. The van der Waals surface area contributed by atoms with Gasteiger partial charge in [-0.15, -0.1) is 0 Å². The van der Waals surface area contributed by atoms with E-state index in [4.69, 9.17) is 0 Å². The first-order valence-electron chi connectivity index (χ1n) is 8.45. The average Bonchev–Trinajstić information content (AvgIpc) is 3.15. The molecule has 2 aromatic heterocycles. The molecule has 1 saturated heterocycles. The summed E-state index contributed by atoms with van der Waals surface area (Å²) in [5.74, 6) is 0.602. The van der Waals surface area contributed by atoms with Gasteiger partial charge in [0, 0.05) is 37.2 Å². The summed E-state index contributed by atoms with van der Waals surface area (Å²) in [5.41, 5.74) is -0.672. The molecule has 7 nitrogen and oxygen atoms in total. The molecule has 1 aromatic carbocycles. The van der Waals surface area contributed by atoms with Gasteiger partial charge in [0.05, 0.1) is 11.5 Å². The molecule has 10 heteroatoms. The van der Waals surface area contributed by atoms with Gasteiger partial charge in [0.1, 0.15) is 12.1 Å². The lowest BCUT2D eigenvalue weighted by Gasteiger charge is -2.39. The van der Waals surface area contributed by atoms with Crippen LogP contribution in [0.1, 0.15) is 5.56 Å². The van der Waals surface area contributed by atoms with Crippen molar-refractivity contribution in [1.29, 1.82) is 0 Å². The molecule has 1 aliphatic rings. The van der Waals surface area contributed by atoms with Crippen molar-refractivity contribution in [2.75, 3.05) is 23.3 Å². The van der Waals surface area contributed by atoms with Crippen molar-refractivity contribution in [2.45, 2.75) is 6.18 Å². The number of halogens is 3. The Labute approximate surface area is 157 Å². The fourth-order valence-electron chi connectivity index (χ4n) is 2.89. The van der Waals surface area contributed by atoms with E-state index in [0.29, 0.717) is 24.7 Å². The summed E-state index contributed by atoms with van der Waals surface area (Å²) in [6.45, 7) is 0.834. The van der Waals surface area contributed by atoms with Gasteiger partial charge in [0.15, 0.2) is 5.82 Å². The first kappa shape index (κ1) is 18.0. The third-order valence-electron chi connectivity index (χ3n) is 4.41. The van der Waals surface area contributed by atoms with E-state index in [1.54, 1.807) is 29.2 Å². The van der Waals surface area contributed by atoms with Crippen LogP contribution in [-0.2, 0) is 11.0 Å². The van der Waals surface area contributed by atoms with Gasteiger partial charge >= 0.3 is 6.18 Å². The number of carbonyl (C=O) groups excluding carboxylic acids is 1. The Kier molecular flexibility index (Phi) is 4.46. The van der Waals surface area contributed by atoms with Crippen LogP contribution in [-0.4, -0.2) is 38.7 Å². The van der Waals surface area contributed by atoms with Crippen LogP contribution in [0.5, 0.6) is 0 Å². The van der Waals surface area contributed by atoms with E-state index < -0.39 is 11.7 Å². The first-order chi connectivity index (χ1) is 13.4. The summed E-state index contributed by atoms with van der Waals surface area (Å²) in [5, 5.41) is 6.66. The fourth-order valence-corrected chi connectivity index (χ4v) is 2.89. The molecule has 4 rings (SSSR count). The van der Waals surface area contributed by atoms with Gasteiger partial charge in [-0.2, -0.15) is 18.3 Å². The molecule has 3 heterocycles. The van der Waals surface area contributed by atoms with E-state index in [1.807, 2.05) is 4.90 Å². The highest BCUT2D eigenvalue weighted by atomic mass is 19.4. The number of hydrogen-bond acceptors (Lipinski definition) is 5. The molecule has 0 aliphatic carbocycles. The van der Waals surface area contributed by atoms with Gasteiger partial charge in [-0.05, 0) is 24.3 Å². The molecule has 0 bridgehead atoms. The molecule has 0 atom stereocenters. The van der Waals surface area contributed by atoms with Crippen molar-refractivity contribution in [2.24, 2.45) is 5.92 Å². The molecular formula is C18H15F3N6O. The minimum absolute atomic E-state index is 0.126. The van der Waals surface area contributed by atoms with Crippen LogP contribution in [0, 0.1) is 5.92 Å². The Morgan fingerprint density at radius 2 is 1.89 bits per heavy atom. The van der Waals surface area contributed by atoms with Crippen LogP contribution in [0.15, 0.2) is 55.1 Å². The van der Waals surface area contributed by atoms with Crippen molar-refractivity contribution in [3.05, 3.63) is 60.7 Å². The number of carbonyl (C=O) groups is 1. The summed E-state index contributed by atoms with van der Waals surface area (Å²) < 4.78 is 39.9. The number of nitrogens with one attached hydrogen (secondary N) is 1. The number of anilines is 2. The van der Waals surface area contributed by atoms with Gasteiger partial charge in [-0.1, -0.05) is 6.07 Å². The van der Waals surface area contributed by atoms with E-state index in [0.717, 1.165) is 12.1 Å². The summed E-state index contributed by atoms with van der Waals surface area (Å²) >= 11 is 0. The van der Waals surface area contributed by atoms with E-state index in [2.05, 4.69) is 20.4 Å². The molecule has 0 saturated carbocycles. The maximum atomic E-state index is 12.8. The number of rotatable bonds is 4. The van der Waals surface area contributed by atoms with Crippen molar-refractivity contribution in [1.82, 2.24) is 19.7 Å². The third kappa shape index (κ3) is 3.66. The highest BCUT2D eigenvalue weighted by Gasteiger charge is 2.34. The highest BCUT2D eigenvalue weighted by Crippen LogP contribution is 2.31. The number of nitrogens with zero attached hydrogens (tertiary/aromatic N) is 5. The fraction of sp³-hybridized carbons (Fsp3) is 0.222. The van der Waals surface area contributed by atoms with Crippen molar-refractivity contribution >= 4 is 17.4 Å². The van der Waals surface area contributed by atoms with E-state index in [-0.39, 0.29) is 17.5 Å². The zero-order valence-electron chi connectivity index (χ0n) is 14.5. The quantitative estimate of drug-likeness (QED) is 0.744. The topological polar surface area (TPSA) is 75.9 Å². The molecule has 28 heavy (non-hydrogen) atoms. The standard InChI is InChI=1S/C18H15F3N6O/c19-18(20,21)13-3-1-4-14(7-13)25-17(28)12-9-26(10-12)15-8-16(23-11-22-15)27-6-2-5-24-27/h1-8,11-12H,9-10H2,(H,25,28). The normalized spacial score (nSPS) is 14.6. The van der Waals surface area contributed by atoms with Crippen LogP contribution < -0.4 is 10.2 Å². The molecular weight excluding hydrogens is 373 g/mol. The lowest BCUT2D eigenvalue weighted by Crippen LogP contribution is -2.52. The second kappa shape index (κ2) is 6.95. The number of hydrogen-bond donors (Lipinski definition) is 1. The predicted molar refractivity (Wildman–Crippen MR) is 94.9 cm³/mol. The van der Waals surface area contributed by atoms with Gasteiger partial charge in [0.2, 0.25) is 5.91 Å². The maximum Gasteiger partial charge on any atom is 0.416 e. The van der Waals surface area contributed by atoms with E-state index in [9.17, 15) is 18.0 Å². The van der Waals surface area contributed by atoms with Gasteiger partial charge in [-0.3, -0.25) is 4.79 Å². The van der Waals surface area contributed by atoms with Crippen LogP contribution in [0.4, 0.5) is 24.7 Å². The number of aromatic nitrogens is 4. The summed E-state index contributed by atoms with van der Waals surface area (Å²) in [6, 6.07) is 8.13. The van der Waals surface area contributed by atoms with Gasteiger partial charge < -0.3 is 10.2 Å². The second-order valence-corrected chi connectivity index (χ2v) is 6.35. The molecule has 3 aromatic rings. The molecule has 0 unspecified atom stereocenters. The minimum Gasteiger partial charge on any atom is -0.355 e. The van der Waals surface area contributed by atoms with Crippen LogP contribution in [0.25, 0.3) is 5.82 Å². The summed E-state index contributed by atoms with van der Waals surface area (Å²) in [6.07, 6.45) is 0.364. The molecule has 1 N–H and O–H groups in total. The monoisotopic (exact) mass is 388 g/mol. The van der Waals surface area contributed by atoms with Crippen LogP contribution in [0.3, 0.4) is 0 Å². The Bertz CT molecular complexity index is 983. The number of alkyl halides is 3. The number of benzene rings is 1. The molecule has 1 aliphatic heterocycles. The van der Waals surface area contributed by atoms with Crippen molar-refractivity contribution < 1.29 is 18.0 Å². The zero-order chi connectivity index (χ0) is 19.7.